The van der Waals surface area contributed by atoms with Crippen molar-refractivity contribution in [2.75, 3.05) is 50.9 Å². The van der Waals surface area contributed by atoms with Crippen molar-refractivity contribution in [3.63, 3.8) is 0 Å². The molecule has 0 spiro atoms. The highest BCUT2D eigenvalue weighted by Crippen LogP contribution is 2.26. The maximum atomic E-state index is 13.4. The maximum Gasteiger partial charge on any atom is 0.243 e. The summed E-state index contributed by atoms with van der Waals surface area (Å²) in [6.45, 7) is 8.03. The zero-order chi connectivity index (χ0) is 20.4. The van der Waals surface area contributed by atoms with Crippen LogP contribution in [-0.2, 0) is 24.6 Å². The number of sulfone groups is 1. The van der Waals surface area contributed by atoms with Crippen LogP contribution in [0.25, 0.3) is 0 Å². The van der Waals surface area contributed by atoms with E-state index < -0.39 is 25.9 Å². The van der Waals surface area contributed by atoms with Gasteiger partial charge in [-0.2, -0.15) is 4.31 Å². The van der Waals surface area contributed by atoms with E-state index in [4.69, 9.17) is 4.74 Å². The van der Waals surface area contributed by atoms with Gasteiger partial charge in [0.25, 0.3) is 0 Å². The Labute approximate surface area is 168 Å². The van der Waals surface area contributed by atoms with E-state index in [1.165, 1.54) is 4.31 Å². The van der Waals surface area contributed by atoms with Crippen LogP contribution in [0.5, 0.6) is 0 Å². The predicted octanol–water partition coefficient (Wildman–Crippen LogP) is 1.20. The summed E-state index contributed by atoms with van der Waals surface area (Å²) in [6, 6.07) is 4.62. The zero-order valence-corrected chi connectivity index (χ0v) is 18.3. The molecule has 0 aliphatic carbocycles. The molecule has 2 saturated heterocycles. The van der Waals surface area contributed by atoms with Crippen LogP contribution in [0.3, 0.4) is 0 Å². The fraction of sp³-hybridized carbons (Fsp3) is 0.684. The molecule has 7 nitrogen and oxygen atoms in total. The number of rotatable bonds is 7. The lowest BCUT2D eigenvalue weighted by molar-refractivity contribution is 0.0367. The minimum absolute atomic E-state index is 0.0556. The largest absolute Gasteiger partial charge is 0.379 e. The van der Waals surface area contributed by atoms with Crippen LogP contribution < -0.4 is 0 Å². The Hall–Kier alpha value is -1.00. The summed E-state index contributed by atoms with van der Waals surface area (Å²) in [5.41, 5.74) is 1.94. The molecule has 2 aliphatic rings. The summed E-state index contributed by atoms with van der Waals surface area (Å²) in [5, 5.41) is 0. The smallest absolute Gasteiger partial charge is 0.243 e. The number of morpholine rings is 1. The van der Waals surface area contributed by atoms with E-state index in [1.807, 2.05) is 13.8 Å². The Balaban J connectivity index is 1.79. The van der Waals surface area contributed by atoms with E-state index in [1.54, 1.807) is 18.2 Å². The van der Waals surface area contributed by atoms with E-state index in [9.17, 15) is 16.8 Å². The lowest BCUT2D eigenvalue weighted by Crippen LogP contribution is -2.43. The van der Waals surface area contributed by atoms with Crippen molar-refractivity contribution >= 4 is 19.9 Å². The van der Waals surface area contributed by atoms with Crippen molar-refractivity contribution < 1.29 is 21.6 Å². The van der Waals surface area contributed by atoms with Crippen LogP contribution in [-0.4, -0.2) is 83.0 Å². The molecule has 2 aliphatic heterocycles. The van der Waals surface area contributed by atoms with E-state index in [2.05, 4.69) is 4.90 Å². The molecule has 1 aromatic carbocycles. The first kappa shape index (κ1) is 21.7. The van der Waals surface area contributed by atoms with Crippen LogP contribution in [0, 0.1) is 13.8 Å². The average molecular weight is 431 g/mol. The minimum atomic E-state index is -3.75. The zero-order valence-electron chi connectivity index (χ0n) is 16.6. The molecule has 0 amide bonds. The van der Waals surface area contributed by atoms with Crippen LogP contribution >= 0.6 is 0 Å². The first-order valence-corrected chi connectivity index (χ1v) is 13.0. The topological polar surface area (TPSA) is 84.0 Å². The monoisotopic (exact) mass is 430 g/mol. The Kier molecular flexibility index (Phi) is 6.81. The molecule has 0 bridgehead atoms. The van der Waals surface area contributed by atoms with Crippen LogP contribution in [0.15, 0.2) is 23.1 Å². The van der Waals surface area contributed by atoms with Gasteiger partial charge in [-0.05, 0) is 56.5 Å². The number of benzene rings is 1. The number of hydrogen-bond donors (Lipinski definition) is 0. The predicted molar refractivity (Wildman–Crippen MR) is 109 cm³/mol. The van der Waals surface area contributed by atoms with Gasteiger partial charge in [0, 0.05) is 25.7 Å². The van der Waals surface area contributed by atoms with E-state index in [0.29, 0.717) is 32.6 Å². The second-order valence-electron chi connectivity index (χ2n) is 7.73. The molecule has 0 N–H and O–H groups in total. The molecule has 2 heterocycles. The Bertz CT molecular complexity index is 893. The van der Waals surface area contributed by atoms with Gasteiger partial charge in [0.2, 0.25) is 10.0 Å². The van der Waals surface area contributed by atoms with Gasteiger partial charge in [-0.3, -0.25) is 4.90 Å². The fourth-order valence-corrected chi connectivity index (χ4v) is 7.39. The summed E-state index contributed by atoms with van der Waals surface area (Å²) in [7, 11) is -6.93. The number of aryl methyl sites for hydroxylation is 2. The first-order valence-electron chi connectivity index (χ1n) is 9.79. The number of ether oxygens (including phenoxy) is 1. The van der Waals surface area contributed by atoms with Gasteiger partial charge >= 0.3 is 0 Å². The van der Waals surface area contributed by atoms with E-state index in [-0.39, 0.29) is 16.4 Å². The molecule has 3 rings (SSSR count). The van der Waals surface area contributed by atoms with Crippen molar-refractivity contribution in [3.05, 3.63) is 29.3 Å². The van der Waals surface area contributed by atoms with Gasteiger partial charge in [-0.25, -0.2) is 16.8 Å². The Morgan fingerprint density at radius 1 is 1.18 bits per heavy atom. The van der Waals surface area contributed by atoms with Gasteiger partial charge in [0.1, 0.15) is 0 Å². The van der Waals surface area contributed by atoms with Gasteiger partial charge in [0.05, 0.1) is 29.6 Å². The van der Waals surface area contributed by atoms with E-state index in [0.717, 1.165) is 30.8 Å². The van der Waals surface area contributed by atoms with Gasteiger partial charge in [-0.1, -0.05) is 6.07 Å². The summed E-state index contributed by atoms with van der Waals surface area (Å²) in [4.78, 5) is 2.50. The molecule has 1 aromatic rings. The van der Waals surface area contributed by atoms with Crippen LogP contribution in [0.4, 0.5) is 0 Å². The highest BCUT2D eigenvalue weighted by molar-refractivity contribution is 7.92. The number of sulfonamides is 1. The van der Waals surface area contributed by atoms with Crippen molar-refractivity contribution in [2.24, 2.45) is 0 Å². The lowest BCUT2D eigenvalue weighted by atomic mass is 10.1. The minimum Gasteiger partial charge on any atom is -0.379 e. The SMILES string of the molecule is Cc1ccc(S(=O)(=O)N(CCCN2CCOCC2)[C@H]2CCS(=O)(=O)C2)cc1C. The Morgan fingerprint density at radius 3 is 2.50 bits per heavy atom. The molecule has 0 unspecified atom stereocenters. The normalized spacial score (nSPS) is 23.3. The highest BCUT2D eigenvalue weighted by atomic mass is 32.2. The molecule has 2 fully saturated rings. The molecule has 9 heteroatoms. The summed E-state index contributed by atoms with van der Waals surface area (Å²) >= 11 is 0. The molecule has 0 saturated carbocycles. The van der Waals surface area contributed by atoms with Crippen molar-refractivity contribution in [2.45, 2.75) is 37.6 Å². The third-order valence-electron chi connectivity index (χ3n) is 5.66. The average Bonchev–Trinajstić information content (AvgIpc) is 3.01. The Morgan fingerprint density at radius 2 is 1.89 bits per heavy atom. The molecule has 158 valence electrons. The first-order chi connectivity index (χ1) is 13.2. The number of nitrogens with zero attached hydrogens (tertiary/aromatic N) is 2. The number of hydrogen-bond acceptors (Lipinski definition) is 6. The van der Waals surface area contributed by atoms with Gasteiger partial charge < -0.3 is 4.74 Å². The molecule has 28 heavy (non-hydrogen) atoms. The van der Waals surface area contributed by atoms with Crippen molar-refractivity contribution in [1.29, 1.82) is 0 Å². The molecule has 1 atom stereocenters. The van der Waals surface area contributed by atoms with Crippen LogP contribution in [0.2, 0.25) is 0 Å². The van der Waals surface area contributed by atoms with Crippen LogP contribution in [0.1, 0.15) is 24.0 Å². The van der Waals surface area contributed by atoms with Crippen molar-refractivity contribution in [1.82, 2.24) is 9.21 Å². The molecular formula is C19H30N2O5S2. The molecule has 0 aromatic heterocycles. The molecular weight excluding hydrogens is 400 g/mol. The summed E-state index contributed by atoms with van der Waals surface area (Å²) in [5.74, 6) is -0.0330. The lowest BCUT2D eigenvalue weighted by Gasteiger charge is -2.30. The summed E-state index contributed by atoms with van der Waals surface area (Å²) < 4.78 is 57.5. The second-order valence-corrected chi connectivity index (χ2v) is 11.8. The fourth-order valence-electron chi connectivity index (χ4n) is 3.79. The highest BCUT2D eigenvalue weighted by Gasteiger charge is 2.38. The quantitative estimate of drug-likeness (QED) is 0.646. The van der Waals surface area contributed by atoms with E-state index >= 15 is 0 Å². The van der Waals surface area contributed by atoms with Crippen molar-refractivity contribution in [3.8, 4) is 0 Å². The third-order valence-corrected chi connectivity index (χ3v) is 9.36. The third kappa shape index (κ3) is 5.13. The second kappa shape index (κ2) is 8.79. The maximum absolute atomic E-state index is 13.4. The van der Waals surface area contributed by atoms with Gasteiger partial charge in [-0.15, -0.1) is 0 Å². The standard InChI is InChI=1S/C19H30N2O5S2/c1-16-4-5-19(14-17(16)2)28(24,25)21(18-6-13-27(22,23)15-18)8-3-7-20-9-11-26-12-10-20/h4-5,14,18H,3,6-13,15H2,1-2H3/t18-/m0/s1. The van der Waals surface area contributed by atoms with Gasteiger partial charge in [0.15, 0.2) is 9.84 Å². The molecule has 0 radical (unpaired) electrons. The summed E-state index contributed by atoms with van der Waals surface area (Å²) in [6.07, 6.45) is 1.03.